The van der Waals surface area contributed by atoms with Gasteiger partial charge in [-0.15, -0.1) is 0 Å². The number of phenols is 1. The summed E-state index contributed by atoms with van der Waals surface area (Å²) in [5.74, 6) is -0.141. The Morgan fingerprint density at radius 2 is 2.06 bits per heavy atom. The van der Waals surface area contributed by atoms with Gasteiger partial charge < -0.3 is 15.6 Å². The summed E-state index contributed by atoms with van der Waals surface area (Å²) in [6, 6.07) is 2.76. The number of rotatable bonds is 3. The van der Waals surface area contributed by atoms with E-state index in [1.165, 1.54) is 19.2 Å². The van der Waals surface area contributed by atoms with Crippen LogP contribution in [0, 0.1) is 5.82 Å². The Kier molecular flexibility index (Phi) is 3.24. The maximum atomic E-state index is 14.1. The molecule has 0 saturated heterocycles. The zero-order valence-electron chi connectivity index (χ0n) is 10.0. The van der Waals surface area contributed by atoms with Gasteiger partial charge in [-0.2, -0.15) is 0 Å². The van der Waals surface area contributed by atoms with Gasteiger partial charge in [0, 0.05) is 29.7 Å². The van der Waals surface area contributed by atoms with Crippen LogP contribution in [-0.2, 0) is 5.41 Å². The summed E-state index contributed by atoms with van der Waals surface area (Å²) in [5, 5.41) is 9.98. The number of nitrogens with two attached hydrogens (primary N) is 1. The van der Waals surface area contributed by atoms with Crippen molar-refractivity contribution >= 4 is 0 Å². The number of ether oxygens (including phenoxy) is 1. The second kappa shape index (κ2) is 4.53. The number of benzene rings is 1. The first-order chi connectivity index (χ1) is 8.13. The van der Waals surface area contributed by atoms with E-state index in [0.29, 0.717) is 17.9 Å². The average Bonchev–Trinajstić information content (AvgIpc) is 2.77. The highest BCUT2D eigenvalue weighted by molar-refractivity contribution is 5.46. The Labute approximate surface area is 100 Å². The number of halogens is 1. The van der Waals surface area contributed by atoms with E-state index >= 15 is 0 Å². The summed E-state index contributed by atoms with van der Waals surface area (Å²) >= 11 is 0. The topological polar surface area (TPSA) is 55.5 Å². The maximum absolute atomic E-state index is 14.1. The maximum Gasteiger partial charge on any atom is 0.134 e. The molecule has 2 rings (SSSR count). The molecule has 1 fully saturated rings. The summed E-state index contributed by atoms with van der Waals surface area (Å²) in [6.07, 6.45) is 3.73. The summed E-state index contributed by atoms with van der Waals surface area (Å²) < 4.78 is 19.0. The highest BCUT2D eigenvalue weighted by Gasteiger charge is 2.38. The summed E-state index contributed by atoms with van der Waals surface area (Å²) in [6.45, 7) is 0.365. The normalized spacial score (nSPS) is 18.3. The molecule has 94 valence electrons. The molecule has 0 heterocycles. The van der Waals surface area contributed by atoms with Crippen molar-refractivity contribution in [1.29, 1.82) is 0 Å². The van der Waals surface area contributed by atoms with Crippen molar-refractivity contribution in [2.75, 3.05) is 13.7 Å². The fraction of sp³-hybridized carbons (Fsp3) is 0.538. The molecule has 3 nitrogen and oxygen atoms in total. The van der Waals surface area contributed by atoms with E-state index in [2.05, 4.69) is 0 Å². The van der Waals surface area contributed by atoms with Crippen molar-refractivity contribution in [2.45, 2.75) is 31.1 Å². The number of hydrogen-bond acceptors (Lipinski definition) is 3. The Bertz CT molecular complexity index is 391. The van der Waals surface area contributed by atoms with Crippen molar-refractivity contribution in [3.05, 3.63) is 23.5 Å². The minimum Gasteiger partial charge on any atom is -0.507 e. The van der Waals surface area contributed by atoms with E-state index in [1.807, 2.05) is 0 Å². The molecule has 0 aromatic heterocycles. The number of hydrogen-bond donors (Lipinski definition) is 2. The van der Waals surface area contributed by atoms with E-state index in [1.54, 1.807) is 0 Å². The Morgan fingerprint density at radius 3 is 2.53 bits per heavy atom. The summed E-state index contributed by atoms with van der Waals surface area (Å²) in [4.78, 5) is 0. The molecule has 3 N–H and O–H groups in total. The third-order valence-corrected chi connectivity index (χ3v) is 3.76. The average molecular weight is 239 g/mol. The Morgan fingerprint density at radius 1 is 1.41 bits per heavy atom. The molecule has 17 heavy (non-hydrogen) atoms. The quantitative estimate of drug-likeness (QED) is 0.851. The van der Waals surface area contributed by atoms with Gasteiger partial charge in [0.05, 0.1) is 7.11 Å². The van der Waals surface area contributed by atoms with Gasteiger partial charge >= 0.3 is 0 Å². The van der Waals surface area contributed by atoms with Gasteiger partial charge in [0.1, 0.15) is 17.3 Å². The Balaban J connectivity index is 2.50. The molecule has 0 amide bonds. The lowest BCUT2D eigenvalue weighted by atomic mass is 9.78. The number of methoxy groups -OCH3 is 1. The molecular formula is C13H18FNO2. The smallest absolute Gasteiger partial charge is 0.134 e. The summed E-state index contributed by atoms with van der Waals surface area (Å²) in [7, 11) is 1.45. The van der Waals surface area contributed by atoms with Crippen molar-refractivity contribution in [1.82, 2.24) is 0 Å². The van der Waals surface area contributed by atoms with Gasteiger partial charge in [-0.25, -0.2) is 4.39 Å². The predicted octanol–water partition coefficient (Wildman–Crippen LogP) is 2.31. The fourth-order valence-electron chi connectivity index (χ4n) is 2.82. The lowest BCUT2D eigenvalue weighted by Gasteiger charge is -2.29. The third kappa shape index (κ3) is 1.97. The van der Waals surface area contributed by atoms with Gasteiger partial charge in [0.2, 0.25) is 0 Å². The van der Waals surface area contributed by atoms with E-state index in [-0.39, 0.29) is 5.75 Å². The lowest BCUT2D eigenvalue weighted by molar-refractivity contribution is 0.370. The minimum absolute atomic E-state index is 0.0470. The largest absolute Gasteiger partial charge is 0.507 e. The van der Waals surface area contributed by atoms with Gasteiger partial charge in [-0.3, -0.25) is 0 Å². The predicted molar refractivity (Wildman–Crippen MR) is 63.8 cm³/mol. The standard InChI is InChI=1S/C13H18FNO2/c1-17-9-6-10(14)12(11(16)7-9)13(8-15)4-2-3-5-13/h6-7,16H,2-5,8,15H2,1H3. The van der Waals surface area contributed by atoms with Crippen LogP contribution in [0.3, 0.4) is 0 Å². The van der Waals surface area contributed by atoms with Crippen LogP contribution in [0.15, 0.2) is 12.1 Å². The number of aromatic hydroxyl groups is 1. The fourth-order valence-corrected chi connectivity index (χ4v) is 2.82. The van der Waals surface area contributed by atoms with Crippen LogP contribution in [0.1, 0.15) is 31.2 Å². The molecule has 1 aromatic rings. The van der Waals surface area contributed by atoms with Crippen LogP contribution in [-0.4, -0.2) is 18.8 Å². The van der Waals surface area contributed by atoms with E-state index in [0.717, 1.165) is 25.7 Å². The number of phenolic OH excluding ortho intramolecular Hbond substituents is 1. The molecule has 1 aromatic carbocycles. The molecule has 1 saturated carbocycles. The van der Waals surface area contributed by atoms with Crippen LogP contribution in [0.25, 0.3) is 0 Å². The first-order valence-electron chi connectivity index (χ1n) is 5.90. The SMILES string of the molecule is COc1cc(O)c(C2(CN)CCCC2)c(F)c1. The third-order valence-electron chi connectivity index (χ3n) is 3.76. The Hall–Kier alpha value is -1.29. The van der Waals surface area contributed by atoms with E-state index < -0.39 is 11.2 Å². The zero-order chi connectivity index (χ0) is 12.5. The molecule has 0 spiro atoms. The monoisotopic (exact) mass is 239 g/mol. The van der Waals surface area contributed by atoms with Gasteiger partial charge in [0.25, 0.3) is 0 Å². The van der Waals surface area contributed by atoms with Crippen LogP contribution in [0.2, 0.25) is 0 Å². The van der Waals surface area contributed by atoms with Crippen molar-refractivity contribution in [3.63, 3.8) is 0 Å². The summed E-state index contributed by atoms with van der Waals surface area (Å²) in [5.41, 5.74) is 5.76. The van der Waals surface area contributed by atoms with Crippen molar-refractivity contribution in [2.24, 2.45) is 5.73 Å². The van der Waals surface area contributed by atoms with Crippen LogP contribution in [0.5, 0.6) is 11.5 Å². The second-order valence-electron chi connectivity index (χ2n) is 4.69. The van der Waals surface area contributed by atoms with Crippen LogP contribution in [0.4, 0.5) is 4.39 Å². The highest BCUT2D eigenvalue weighted by atomic mass is 19.1. The highest BCUT2D eigenvalue weighted by Crippen LogP contribution is 2.45. The van der Waals surface area contributed by atoms with Gasteiger partial charge in [-0.1, -0.05) is 12.8 Å². The molecule has 0 atom stereocenters. The molecular weight excluding hydrogens is 221 g/mol. The van der Waals surface area contributed by atoms with Gasteiger partial charge in [-0.05, 0) is 12.8 Å². The molecule has 4 heteroatoms. The second-order valence-corrected chi connectivity index (χ2v) is 4.69. The zero-order valence-corrected chi connectivity index (χ0v) is 10.0. The first-order valence-corrected chi connectivity index (χ1v) is 5.90. The minimum atomic E-state index is -0.422. The van der Waals surface area contributed by atoms with E-state index in [9.17, 15) is 9.50 Å². The van der Waals surface area contributed by atoms with E-state index in [4.69, 9.17) is 10.5 Å². The molecule has 1 aliphatic carbocycles. The molecule has 0 unspecified atom stereocenters. The lowest BCUT2D eigenvalue weighted by Crippen LogP contribution is -2.33. The molecule has 0 bridgehead atoms. The molecule has 1 aliphatic rings. The molecule has 0 aliphatic heterocycles. The van der Waals surface area contributed by atoms with Crippen molar-refractivity contribution in [3.8, 4) is 11.5 Å². The van der Waals surface area contributed by atoms with Crippen molar-refractivity contribution < 1.29 is 14.2 Å². The van der Waals surface area contributed by atoms with Crippen LogP contribution < -0.4 is 10.5 Å². The first kappa shape index (κ1) is 12.2. The van der Waals surface area contributed by atoms with Gasteiger partial charge in [0.15, 0.2) is 0 Å². The van der Waals surface area contributed by atoms with Crippen LogP contribution >= 0.6 is 0 Å². The molecule has 0 radical (unpaired) electrons.